The molecule has 1 fully saturated rings. The van der Waals surface area contributed by atoms with Crippen molar-refractivity contribution in [3.63, 3.8) is 0 Å². The second-order valence-corrected chi connectivity index (χ2v) is 13.0. The molecule has 1 heterocycles. The van der Waals surface area contributed by atoms with E-state index < -0.39 is 27.3 Å². The molecule has 11 heteroatoms. The molecule has 1 saturated heterocycles. The third kappa shape index (κ3) is 6.95. The first kappa shape index (κ1) is 29.8. The lowest BCUT2D eigenvalue weighted by atomic mass is 9.86. The van der Waals surface area contributed by atoms with E-state index in [0.29, 0.717) is 31.5 Å². The van der Waals surface area contributed by atoms with Crippen LogP contribution in [0.3, 0.4) is 0 Å². The lowest BCUT2D eigenvalue weighted by molar-refractivity contribution is 0.00668. The Bertz CT molecular complexity index is 1550. The van der Waals surface area contributed by atoms with Crippen LogP contribution in [0.2, 0.25) is 10.0 Å². The van der Waals surface area contributed by atoms with Gasteiger partial charge in [0.25, 0.3) is 15.9 Å². The third-order valence-electron chi connectivity index (χ3n) is 6.46. The van der Waals surface area contributed by atoms with E-state index in [-0.39, 0.29) is 38.1 Å². The first-order valence-corrected chi connectivity index (χ1v) is 14.9. The molecule has 4 rings (SSSR count). The number of carbonyl (C=O) groups excluding carboxylic acids is 2. The molecule has 1 aliphatic heterocycles. The number of rotatable bonds is 6. The van der Waals surface area contributed by atoms with Crippen molar-refractivity contribution in [2.45, 2.75) is 50.0 Å². The molecule has 212 valence electrons. The number of hydrogen-bond donors (Lipinski definition) is 1. The fourth-order valence-corrected chi connectivity index (χ4v) is 6.12. The van der Waals surface area contributed by atoms with Gasteiger partial charge in [-0.3, -0.25) is 9.52 Å². The highest BCUT2D eigenvalue weighted by Gasteiger charge is 2.30. The van der Waals surface area contributed by atoms with E-state index in [2.05, 4.69) is 4.72 Å². The Morgan fingerprint density at radius 1 is 0.950 bits per heavy atom. The first-order valence-electron chi connectivity index (χ1n) is 12.6. The number of likely N-dealkylation sites (tertiary alicyclic amines) is 1. The van der Waals surface area contributed by atoms with Gasteiger partial charge >= 0.3 is 5.97 Å². The number of benzene rings is 3. The van der Waals surface area contributed by atoms with E-state index in [1.807, 2.05) is 32.9 Å². The van der Waals surface area contributed by atoms with Gasteiger partial charge in [0.1, 0.15) is 11.4 Å². The highest BCUT2D eigenvalue weighted by molar-refractivity contribution is 7.92. The van der Waals surface area contributed by atoms with Gasteiger partial charge in [0.2, 0.25) is 0 Å². The molecule has 7 nitrogen and oxygen atoms in total. The maximum atomic E-state index is 13.4. The highest BCUT2D eigenvalue weighted by Crippen LogP contribution is 2.33. The predicted octanol–water partition coefficient (Wildman–Crippen LogP) is 6.91. The first-order chi connectivity index (χ1) is 18.7. The molecule has 1 aliphatic rings. The van der Waals surface area contributed by atoms with Crippen molar-refractivity contribution in [3.05, 3.63) is 93.2 Å². The van der Waals surface area contributed by atoms with E-state index >= 15 is 0 Å². The monoisotopic (exact) mass is 606 g/mol. The average Bonchev–Trinajstić information content (AvgIpc) is 2.89. The Morgan fingerprint density at radius 2 is 1.62 bits per heavy atom. The minimum Gasteiger partial charge on any atom is -0.456 e. The highest BCUT2D eigenvalue weighted by atomic mass is 35.5. The van der Waals surface area contributed by atoms with E-state index in [4.69, 9.17) is 27.9 Å². The molecule has 0 atom stereocenters. The topological polar surface area (TPSA) is 92.8 Å². The molecule has 3 aromatic carbocycles. The van der Waals surface area contributed by atoms with E-state index in [0.717, 1.165) is 17.7 Å². The van der Waals surface area contributed by atoms with Crippen LogP contribution >= 0.6 is 23.2 Å². The van der Waals surface area contributed by atoms with Crippen LogP contribution in [0.15, 0.2) is 65.6 Å². The Morgan fingerprint density at radius 3 is 2.27 bits per heavy atom. The second-order valence-electron chi connectivity index (χ2n) is 10.5. The van der Waals surface area contributed by atoms with Crippen molar-refractivity contribution in [1.82, 2.24) is 4.90 Å². The Balaban J connectivity index is 1.49. The van der Waals surface area contributed by atoms with Crippen LogP contribution in [0.25, 0.3) is 0 Å². The van der Waals surface area contributed by atoms with Crippen LogP contribution in [-0.2, 0) is 14.8 Å². The van der Waals surface area contributed by atoms with Gasteiger partial charge in [0, 0.05) is 13.1 Å². The van der Waals surface area contributed by atoms with Crippen LogP contribution < -0.4 is 4.72 Å². The number of nitrogens with zero attached hydrogens (tertiary/aromatic N) is 1. The summed E-state index contributed by atoms with van der Waals surface area (Å²) in [6.45, 7) is 6.23. The average molecular weight is 608 g/mol. The summed E-state index contributed by atoms with van der Waals surface area (Å²) in [4.78, 5) is 27.6. The van der Waals surface area contributed by atoms with E-state index in [1.165, 1.54) is 24.3 Å². The largest absolute Gasteiger partial charge is 0.456 e. The minimum atomic E-state index is -4.15. The van der Waals surface area contributed by atoms with Crippen molar-refractivity contribution in [2.24, 2.45) is 0 Å². The maximum Gasteiger partial charge on any atom is 0.338 e. The molecule has 0 aromatic heterocycles. The van der Waals surface area contributed by atoms with E-state index in [9.17, 15) is 22.4 Å². The number of amides is 1. The standard InChI is InChI=1S/C29H29Cl2FN2O5S/c1-29(2,3)39-28(36)22-7-5-4-6-21(22)18-12-14-34(15-13-18)27(35)23-17-20(9-10-24(23)30)40(37,38)33-26-11-8-19(32)16-25(26)31/h4-11,16-18,33H,12-15H2,1-3H3. The second kappa shape index (κ2) is 11.8. The summed E-state index contributed by atoms with van der Waals surface area (Å²) in [6, 6.07) is 14.5. The van der Waals surface area contributed by atoms with Crippen molar-refractivity contribution < 1.29 is 27.1 Å². The molecule has 0 radical (unpaired) electrons. The summed E-state index contributed by atoms with van der Waals surface area (Å²) in [7, 11) is -4.15. The van der Waals surface area contributed by atoms with Gasteiger partial charge in [-0.1, -0.05) is 41.4 Å². The number of sulfonamides is 1. The van der Waals surface area contributed by atoms with Gasteiger partial charge in [-0.25, -0.2) is 17.6 Å². The number of ether oxygens (including phenoxy) is 1. The minimum absolute atomic E-state index is 0.000344. The quantitative estimate of drug-likeness (QED) is 0.308. The van der Waals surface area contributed by atoms with Crippen LogP contribution in [0.1, 0.15) is 65.8 Å². The van der Waals surface area contributed by atoms with Crippen molar-refractivity contribution in [3.8, 4) is 0 Å². The fourth-order valence-electron chi connectivity index (χ4n) is 4.55. The molecule has 1 N–H and O–H groups in total. The van der Waals surface area contributed by atoms with Crippen LogP contribution in [0.4, 0.5) is 10.1 Å². The molecule has 0 saturated carbocycles. The molecule has 0 spiro atoms. The molecule has 40 heavy (non-hydrogen) atoms. The van der Waals surface area contributed by atoms with Crippen molar-refractivity contribution in [2.75, 3.05) is 17.8 Å². The summed E-state index contributed by atoms with van der Waals surface area (Å²) in [5, 5.41) is 0.00566. The molecule has 3 aromatic rings. The maximum absolute atomic E-state index is 13.4. The Hall–Kier alpha value is -3.14. The van der Waals surface area contributed by atoms with E-state index in [1.54, 1.807) is 17.0 Å². The smallest absolute Gasteiger partial charge is 0.338 e. The van der Waals surface area contributed by atoms with Crippen molar-refractivity contribution in [1.29, 1.82) is 0 Å². The molecule has 0 unspecified atom stereocenters. The third-order valence-corrected chi connectivity index (χ3v) is 8.46. The van der Waals surface area contributed by atoms with Gasteiger partial charge < -0.3 is 9.64 Å². The Labute approximate surface area is 243 Å². The van der Waals surface area contributed by atoms with Crippen LogP contribution in [-0.4, -0.2) is 43.9 Å². The van der Waals surface area contributed by atoms with Crippen molar-refractivity contribution >= 4 is 50.8 Å². The lowest BCUT2D eigenvalue weighted by Gasteiger charge is -2.33. The number of halogens is 3. The zero-order chi connectivity index (χ0) is 29.2. The molecule has 0 bridgehead atoms. The molecular formula is C29H29Cl2FN2O5S. The van der Waals surface area contributed by atoms with Gasteiger partial charge in [-0.15, -0.1) is 0 Å². The fraction of sp³-hybridized carbons (Fsp3) is 0.310. The zero-order valence-corrected chi connectivity index (χ0v) is 24.5. The van der Waals surface area contributed by atoms with Crippen LogP contribution in [0.5, 0.6) is 0 Å². The van der Waals surface area contributed by atoms with Gasteiger partial charge in [-0.05, 0) is 87.6 Å². The molecule has 1 amide bonds. The number of hydrogen-bond acceptors (Lipinski definition) is 5. The summed E-state index contributed by atoms with van der Waals surface area (Å²) in [5.74, 6) is -1.35. The lowest BCUT2D eigenvalue weighted by Crippen LogP contribution is -2.38. The molecular weight excluding hydrogens is 578 g/mol. The number of carbonyl (C=O) groups is 2. The van der Waals surface area contributed by atoms with Gasteiger partial charge in [-0.2, -0.15) is 0 Å². The normalized spacial score (nSPS) is 14.6. The SMILES string of the molecule is CC(C)(C)OC(=O)c1ccccc1C1CCN(C(=O)c2cc(S(=O)(=O)Nc3ccc(F)cc3Cl)ccc2Cl)CC1. The molecule has 0 aliphatic carbocycles. The number of esters is 1. The van der Waals surface area contributed by atoms with Crippen LogP contribution in [0, 0.1) is 5.82 Å². The summed E-state index contributed by atoms with van der Waals surface area (Å²) in [5.41, 5.74) is 0.807. The summed E-state index contributed by atoms with van der Waals surface area (Å²) < 4.78 is 47.3. The summed E-state index contributed by atoms with van der Waals surface area (Å²) in [6.07, 6.45) is 1.21. The zero-order valence-electron chi connectivity index (χ0n) is 22.2. The number of nitrogens with one attached hydrogen (secondary N) is 1. The van der Waals surface area contributed by atoms with Gasteiger partial charge in [0.05, 0.1) is 31.8 Å². The number of anilines is 1. The number of piperidine rings is 1. The van der Waals surface area contributed by atoms with Gasteiger partial charge in [0.15, 0.2) is 0 Å². The predicted molar refractivity (Wildman–Crippen MR) is 153 cm³/mol. The Kier molecular flexibility index (Phi) is 8.77. The summed E-state index contributed by atoms with van der Waals surface area (Å²) >= 11 is 12.3.